The van der Waals surface area contributed by atoms with E-state index in [9.17, 15) is 13.2 Å². The van der Waals surface area contributed by atoms with E-state index in [0.29, 0.717) is 16.5 Å². The van der Waals surface area contributed by atoms with Gasteiger partial charge in [0.15, 0.2) is 5.82 Å². The van der Waals surface area contributed by atoms with Gasteiger partial charge < -0.3 is 5.32 Å². The molecule has 2 aromatic heterocycles. The van der Waals surface area contributed by atoms with Crippen LogP contribution in [0.3, 0.4) is 0 Å². The molecule has 27 heavy (non-hydrogen) atoms. The van der Waals surface area contributed by atoms with Gasteiger partial charge in [-0.1, -0.05) is 11.6 Å². The first-order chi connectivity index (χ1) is 12.9. The van der Waals surface area contributed by atoms with Gasteiger partial charge in [-0.05, 0) is 42.5 Å². The van der Waals surface area contributed by atoms with Crippen LogP contribution in [-0.2, 0) is 14.8 Å². The van der Waals surface area contributed by atoms with E-state index in [4.69, 9.17) is 11.6 Å². The maximum absolute atomic E-state index is 12.6. The summed E-state index contributed by atoms with van der Waals surface area (Å²) in [5.74, 6) is -0.0736. The SMILES string of the molecule is CN(CC(=O)Nc1cccnc1-n1cccn1)S(=O)(=O)c1ccc(Cl)cc1. The molecule has 0 bridgehead atoms. The molecule has 1 amide bonds. The first kappa shape index (κ1) is 19.0. The average Bonchev–Trinajstić information content (AvgIpc) is 3.17. The Labute approximate surface area is 161 Å². The van der Waals surface area contributed by atoms with Crippen LogP contribution in [0.1, 0.15) is 0 Å². The molecule has 1 aromatic carbocycles. The Hall–Kier alpha value is -2.75. The van der Waals surface area contributed by atoms with Crippen LogP contribution in [0.4, 0.5) is 5.69 Å². The van der Waals surface area contributed by atoms with Crippen molar-refractivity contribution in [1.82, 2.24) is 19.1 Å². The van der Waals surface area contributed by atoms with Crippen molar-refractivity contribution in [3.63, 3.8) is 0 Å². The molecule has 0 unspecified atom stereocenters. The molecule has 1 N–H and O–H groups in total. The lowest BCUT2D eigenvalue weighted by Gasteiger charge is -2.17. The molecular weight excluding hydrogens is 390 g/mol. The maximum atomic E-state index is 12.6. The van der Waals surface area contributed by atoms with Gasteiger partial charge in [0.2, 0.25) is 15.9 Å². The van der Waals surface area contributed by atoms with Crippen LogP contribution < -0.4 is 5.32 Å². The molecule has 0 aliphatic rings. The summed E-state index contributed by atoms with van der Waals surface area (Å²) in [4.78, 5) is 16.6. The Morgan fingerprint density at radius 2 is 1.93 bits per heavy atom. The molecule has 0 radical (unpaired) electrons. The van der Waals surface area contributed by atoms with Gasteiger partial charge in [0, 0.05) is 30.7 Å². The molecular formula is C17H16ClN5O3S. The van der Waals surface area contributed by atoms with Crippen molar-refractivity contribution in [1.29, 1.82) is 0 Å². The van der Waals surface area contributed by atoms with Gasteiger partial charge in [-0.15, -0.1) is 0 Å². The number of amides is 1. The second kappa shape index (κ2) is 7.87. The summed E-state index contributed by atoms with van der Waals surface area (Å²) in [6, 6.07) is 10.8. The van der Waals surface area contributed by atoms with Crippen LogP contribution in [0.15, 0.2) is 66.0 Å². The molecule has 3 aromatic rings. The summed E-state index contributed by atoms with van der Waals surface area (Å²) in [7, 11) is -2.48. The van der Waals surface area contributed by atoms with Crippen molar-refractivity contribution in [3.05, 3.63) is 66.1 Å². The number of benzene rings is 1. The Morgan fingerprint density at radius 1 is 1.19 bits per heavy atom. The lowest BCUT2D eigenvalue weighted by atomic mass is 10.3. The van der Waals surface area contributed by atoms with E-state index < -0.39 is 15.9 Å². The number of rotatable bonds is 6. The lowest BCUT2D eigenvalue weighted by Crippen LogP contribution is -2.35. The molecule has 0 saturated carbocycles. The van der Waals surface area contributed by atoms with Crippen molar-refractivity contribution in [2.24, 2.45) is 0 Å². The highest BCUT2D eigenvalue weighted by Crippen LogP contribution is 2.19. The number of carbonyl (C=O) groups excluding carboxylic acids is 1. The van der Waals surface area contributed by atoms with Gasteiger partial charge in [-0.25, -0.2) is 18.1 Å². The minimum atomic E-state index is -3.82. The van der Waals surface area contributed by atoms with E-state index in [0.717, 1.165) is 4.31 Å². The van der Waals surface area contributed by atoms with Crippen molar-refractivity contribution in [3.8, 4) is 5.82 Å². The fraction of sp³-hybridized carbons (Fsp3) is 0.118. The maximum Gasteiger partial charge on any atom is 0.243 e. The number of nitrogens with zero attached hydrogens (tertiary/aromatic N) is 4. The summed E-state index contributed by atoms with van der Waals surface area (Å²) < 4.78 is 27.6. The standard InChI is InChI=1S/C17H16ClN5O3S/c1-22(27(25,26)14-7-5-13(18)6-8-14)12-16(24)21-15-4-2-9-19-17(15)23-11-3-10-20-23/h2-11H,12H2,1H3,(H,21,24). The van der Waals surface area contributed by atoms with Crippen LogP contribution >= 0.6 is 11.6 Å². The molecule has 3 rings (SSSR count). The van der Waals surface area contributed by atoms with Crippen molar-refractivity contribution < 1.29 is 13.2 Å². The largest absolute Gasteiger partial charge is 0.322 e. The number of likely N-dealkylation sites (N-methyl/N-ethyl adjacent to an activating group) is 1. The number of nitrogens with one attached hydrogen (secondary N) is 1. The third-order valence-electron chi connectivity index (χ3n) is 3.67. The highest BCUT2D eigenvalue weighted by molar-refractivity contribution is 7.89. The van der Waals surface area contributed by atoms with Gasteiger partial charge in [-0.3, -0.25) is 4.79 Å². The molecule has 0 atom stereocenters. The second-order valence-electron chi connectivity index (χ2n) is 5.59. The van der Waals surface area contributed by atoms with Crippen LogP contribution in [-0.4, -0.2) is 47.0 Å². The van der Waals surface area contributed by atoms with Crippen LogP contribution in [0.5, 0.6) is 0 Å². The summed E-state index contributed by atoms with van der Waals surface area (Å²) in [6.45, 7) is -0.363. The molecule has 0 aliphatic carbocycles. The van der Waals surface area contributed by atoms with E-state index in [1.54, 1.807) is 36.8 Å². The topological polar surface area (TPSA) is 97.2 Å². The molecule has 10 heteroatoms. The third kappa shape index (κ3) is 4.33. The molecule has 0 saturated heterocycles. The predicted molar refractivity (Wildman–Crippen MR) is 101 cm³/mol. The molecule has 0 fully saturated rings. The Bertz CT molecular complexity index is 1040. The van der Waals surface area contributed by atoms with E-state index >= 15 is 0 Å². The minimum Gasteiger partial charge on any atom is -0.322 e. The van der Waals surface area contributed by atoms with Gasteiger partial charge in [0.05, 0.1) is 17.1 Å². The summed E-state index contributed by atoms with van der Waals surface area (Å²) >= 11 is 5.79. The van der Waals surface area contributed by atoms with Crippen molar-refractivity contribution >= 4 is 33.2 Å². The average molecular weight is 406 g/mol. The van der Waals surface area contributed by atoms with Crippen molar-refractivity contribution in [2.75, 3.05) is 18.9 Å². The zero-order valence-electron chi connectivity index (χ0n) is 14.3. The summed E-state index contributed by atoms with van der Waals surface area (Å²) in [6.07, 6.45) is 4.85. The predicted octanol–water partition coefficient (Wildman–Crippen LogP) is 2.18. The smallest absolute Gasteiger partial charge is 0.243 e. The number of aromatic nitrogens is 3. The number of pyridine rings is 1. The summed E-state index contributed by atoms with van der Waals surface area (Å²) in [5, 5.41) is 7.19. The van der Waals surface area contributed by atoms with Gasteiger partial charge >= 0.3 is 0 Å². The van der Waals surface area contributed by atoms with Gasteiger partial charge in [0.1, 0.15) is 0 Å². The van der Waals surface area contributed by atoms with Gasteiger partial charge in [-0.2, -0.15) is 9.40 Å². The number of hydrogen-bond acceptors (Lipinski definition) is 5. The first-order valence-electron chi connectivity index (χ1n) is 7.85. The molecule has 0 spiro atoms. The monoisotopic (exact) mass is 405 g/mol. The van der Waals surface area contributed by atoms with E-state index in [1.807, 2.05) is 0 Å². The van der Waals surface area contributed by atoms with Gasteiger partial charge in [0.25, 0.3) is 0 Å². The van der Waals surface area contributed by atoms with Crippen LogP contribution in [0.2, 0.25) is 5.02 Å². The zero-order chi connectivity index (χ0) is 19.4. The minimum absolute atomic E-state index is 0.0563. The van der Waals surface area contributed by atoms with E-state index in [2.05, 4.69) is 15.4 Å². The highest BCUT2D eigenvalue weighted by atomic mass is 35.5. The van der Waals surface area contributed by atoms with E-state index in [1.165, 1.54) is 36.0 Å². The Balaban J connectivity index is 1.74. The number of carbonyl (C=O) groups is 1. The van der Waals surface area contributed by atoms with Crippen LogP contribution in [0, 0.1) is 0 Å². The van der Waals surface area contributed by atoms with Crippen molar-refractivity contribution in [2.45, 2.75) is 4.90 Å². The summed E-state index contributed by atoms with van der Waals surface area (Å²) in [5.41, 5.74) is 0.420. The Morgan fingerprint density at radius 3 is 2.59 bits per heavy atom. The number of halogens is 1. The molecule has 0 aliphatic heterocycles. The zero-order valence-corrected chi connectivity index (χ0v) is 15.9. The quantitative estimate of drug-likeness (QED) is 0.677. The third-order valence-corrected chi connectivity index (χ3v) is 5.74. The first-order valence-corrected chi connectivity index (χ1v) is 9.66. The molecule has 8 nitrogen and oxygen atoms in total. The number of sulfonamides is 1. The Kier molecular flexibility index (Phi) is 5.54. The molecule has 140 valence electrons. The second-order valence-corrected chi connectivity index (χ2v) is 8.07. The van der Waals surface area contributed by atoms with Crippen LogP contribution in [0.25, 0.3) is 5.82 Å². The number of anilines is 1. The highest BCUT2D eigenvalue weighted by Gasteiger charge is 2.23. The fourth-order valence-corrected chi connectivity index (χ4v) is 3.59. The number of hydrogen-bond donors (Lipinski definition) is 1. The van der Waals surface area contributed by atoms with E-state index in [-0.39, 0.29) is 11.4 Å². The fourth-order valence-electron chi connectivity index (χ4n) is 2.33. The normalized spacial score (nSPS) is 11.5. The molecule has 2 heterocycles. The lowest BCUT2D eigenvalue weighted by molar-refractivity contribution is -0.116.